The van der Waals surface area contributed by atoms with Gasteiger partial charge in [-0.25, -0.2) is 4.39 Å². The SMILES string of the molecule is CCCNC(Cc1ccco1)c1ccc(F)cc1C. The van der Waals surface area contributed by atoms with Crippen molar-refractivity contribution < 1.29 is 8.81 Å². The molecule has 2 nitrogen and oxygen atoms in total. The molecule has 2 rings (SSSR count). The highest BCUT2D eigenvalue weighted by Crippen LogP contribution is 2.23. The van der Waals surface area contributed by atoms with Crippen molar-refractivity contribution in [3.8, 4) is 0 Å². The molecule has 2 aromatic rings. The van der Waals surface area contributed by atoms with Gasteiger partial charge in [0.15, 0.2) is 0 Å². The normalized spacial score (nSPS) is 12.6. The minimum atomic E-state index is -0.187. The highest BCUT2D eigenvalue weighted by atomic mass is 19.1. The van der Waals surface area contributed by atoms with Crippen LogP contribution in [-0.2, 0) is 6.42 Å². The van der Waals surface area contributed by atoms with E-state index in [1.54, 1.807) is 12.3 Å². The summed E-state index contributed by atoms with van der Waals surface area (Å²) in [4.78, 5) is 0. The molecular formula is C16H20FNO. The maximum absolute atomic E-state index is 13.2. The molecule has 1 atom stereocenters. The number of halogens is 1. The lowest BCUT2D eigenvalue weighted by molar-refractivity contribution is 0.448. The molecule has 1 aromatic heterocycles. The van der Waals surface area contributed by atoms with E-state index in [0.717, 1.165) is 36.3 Å². The number of hydrogen-bond acceptors (Lipinski definition) is 2. The number of furan rings is 1. The van der Waals surface area contributed by atoms with Crippen LogP contribution < -0.4 is 5.32 Å². The molecular weight excluding hydrogens is 241 g/mol. The van der Waals surface area contributed by atoms with Crippen LogP contribution in [0.2, 0.25) is 0 Å². The molecule has 0 saturated carbocycles. The van der Waals surface area contributed by atoms with Crippen molar-refractivity contribution >= 4 is 0 Å². The Hall–Kier alpha value is -1.61. The zero-order valence-electron chi connectivity index (χ0n) is 11.4. The molecule has 3 heteroatoms. The van der Waals surface area contributed by atoms with Crippen LogP contribution in [0.5, 0.6) is 0 Å². The number of benzene rings is 1. The second kappa shape index (κ2) is 6.53. The molecule has 0 fully saturated rings. The Labute approximate surface area is 113 Å². The molecule has 1 unspecified atom stereocenters. The number of hydrogen-bond donors (Lipinski definition) is 1. The summed E-state index contributed by atoms with van der Waals surface area (Å²) in [6.45, 7) is 5.01. The average Bonchev–Trinajstić information content (AvgIpc) is 2.88. The standard InChI is InChI=1S/C16H20FNO/c1-3-8-18-16(11-14-5-4-9-19-14)15-7-6-13(17)10-12(15)2/h4-7,9-10,16,18H,3,8,11H2,1-2H3. The van der Waals surface area contributed by atoms with Crippen LogP contribution in [0.25, 0.3) is 0 Å². The maximum Gasteiger partial charge on any atom is 0.123 e. The van der Waals surface area contributed by atoms with E-state index in [2.05, 4.69) is 12.2 Å². The van der Waals surface area contributed by atoms with Gasteiger partial charge in [-0.1, -0.05) is 13.0 Å². The summed E-state index contributed by atoms with van der Waals surface area (Å²) in [5, 5.41) is 3.50. The predicted octanol–water partition coefficient (Wildman–Crippen LogP) is 4.01. The molecule has 1 N–H and O–H groups in total. The minimum absolute atomic E-state index is 0.159. The fourth-order valence-corrected chi connectivity index (χ4v) is 2.27. The Morgan fingerprint density at radius 2 is 2.16 bits per heavy atom. The summed E-state index contributed by atoms with van der Waals surface area (Å²) < 4.78 is 18.6. The van der Waals surface area contributed by atoms with Gasteiger partial charge in [0.1, 0.15) is 11.6 Å². The van der Waals surface area contributed by atoms with Crippen molar-refractivity contribution in [2.75, 3.05) is 6.54 Å². The van der Waals surface area contributed by atoms with Gasteiger partial charge in [-0.3, -0.25) is 0 Å². The van der Waals surface area contributed by atoms with Crippen LogP contribution in [0, 0.1) is 12.7 Å². The third kappa shape index (κ3) is 3.67. The number of rotatable bonds is 6. The summed E-state index contributed by atoms with van der Waals surface area (Å²) in [6, 6.07) is 8.99. The lowest BCUT2D eigenvalue weighted by atomic mass is 9.97. The van der Waals surface area contributed by atoms with Gasteiger partial charge in [-0.2, -0.15) is 0 Å². The molecule has 19 heavy (non-hydrogen) atoms. The van der Waals surface area contributed by atoms with E-state index in [0.29, 0.717) is 0 Å². The van der Waals surface area contributed by atoms with Gasteiger partial charge < -0.3 is 9.73 Å². The van der Waals surface area contributed by atoms with Gasteiger partial charge in [0.05, 0.1) is 6.26 Å². The van der Waals surface area contributed by atoms with E-state index < -0.39 is 0 Å². The van der Waals surface area contributed by atoms with Crippen LogP contribution in [0.15, 0.2) is 41.0 Å². The second-order valence-corrected chi connectivity index (χ2v) is 4.79. The topological polar surface area (TPSA) is 25.2 Å². The van der Waals surface area contributed by atoms with Crippen molar-refractivity contribution in [3.05, 3.63) is 59.3 Å². The lowest BCUT2D eigenvalue weighted by Gasteiger charge is -2.20. The fourth-order valence-electron chi connectivity index (χ4n) is 2.27. The van der Waals surface area contributed by atoms with E-state index in [1.807, 2.05) is 25.1 Å². The van der Waals surface area contributed by atoms with E-state index in [1.165, 1.54) is 6.07 Å². The van der Waals surface area contributed by atoms with Crippen LogP contribution in [-0.4, -0.2) is 6.54 Å². The van der Waals surface area contributed by atoms with E-state index in [4.69, 9.17) is 4.42 Å². The monoisotopic (exact) mass is 261 g/mol. The lowest BCUT2D eigenvalue weighted by Crippen LogP contribution is -2.24. The van der Waals surface area contributed by atoms with Gasteiger partial charge in [0.25, 0.3) is 0 Å². The first-order chi connectivity index (χ1) is 9.20. The first-order valence-corrected chi connectivity index (χ1v) is 6.72. The number of nitrogens with one attached hydrogen (secondary N) is 1. The Balaban J connectivity index is 2.20. The van der Waals surface area contributed by atoms with Crippen molar-refractivity contribution in [2.24, 2.45) is 0 Å². The molecule has 0 amide bonds. The Bertz CT molecular complexity index is 507. The molecule has 0 saturated heterocycles. The van der Waals surface area contributed by atoms with Gasteiger partial charge in [0.2, 0.25) is 0 Å². The van der Waals surface area contributed by atoms with Gasteiger partial charge in [-0.15, -0.1) is 0 Å². The van der Waals surface area contributed by atoms with Gasteiger partial charge >= 0.3 is 0 Å². The van der Waals surface area contributed by atoms with Crippen LogP contribution in [0.3, 0.4) is 0 Å². The number of aryl methyl sites for hydroxylation is 1. The van der Waals surface area contributed by atoms with Crippen LogP contribution >= 0.6 is 0 Å². The molecule has 1 heterocycles. The maximum atomic E-state index is 13.2. The Morgan fingerprint density at radius 3 is 2.79 bits per heavy atom. The van der Waals surface area contributed by atoms with Gasteiger partial charge in [-0.05, 0) is 55.3 Å². The second-order valence-electron chi connectivity index (χ2n) is 4.79. The van der Waals surface area contributed by atoms with Crippen LogP contribution in [0.4, 0.5) is 4.39 Å². The van der Waals surface area contributed by atoms with Crippen molar-refractivity contribution in [1.82, 2.24) is 5.32 Å². The van der Waals surface area contributed by atoms with Crippen LogP contribution in [0.1, 0.15) is 36.3 Å². The van der Waals surface area contributed by atoms with E-state index in [9.17, 15) is 4.39 Å². The van der Waals surface area contributed by atoms with E-state index >= 15 is 0 Å². The van der Waals surface area contributed by atoms with E-state index in [-0.39, 0.29) is 11.9 Å². The van der Waals surface area contributed by atoms with Crippen molar-refractivity contribution in [1.29, 1.82) is 0 Å². The molecule has 0 bridgehead atoms. The average molecular weight is 261 g/mol. The zero-order valence-corrected chi connectivity index (χ0v) is 11.4. The zero-order chi connectivity index (χ0) is 13.7. The Morgan fingerprint density at radius 1 is 1.32 bits per heavy atom. The molecule has 1 aromatic carbocycles. The molecule has 0 aliphatic heterocycles. The quantitative estimate of drug-likeness (QED) is 0.850. The molecule has 0 spiro atoms. The summed E-state index contributed by atoms with van der Waals surface area (Å²) in [5.41, 5.74) is 2.10. The fraction of sp³-hybridized carbons (Fsp3) is 0.375. The molecule has 0 aliphatic carbocycles. The Kier molecular flexibility index (Phi) is 4.74. The summed E-state index contributed by atoms with van der Waals surface area (Å²) >= 11 is 0. The van der Waals surface area contributed by atoms with Crippen molar-refractivity contribution in [3.63, 3.8) is 0 Å². The molecule has 0 radical (unpaired) electrons. The third-order valence-electron chi connectivity index (χ3n) is 3.23. The highest BCUT2D eigenvalue weighted by molar-refractivity contribution is 5.30. The minimum Gasteiger partial charge on any atom is -0.469 e. The summed E-state index contributed by atoms with van der Waals surface area (Å²) in [6.07, 6.45) is 3.53. The summed E-state index contributed by atoms with van der Waals surface area (Å²) in [5.74, 6) is 0.755. The smallest absolute Gasteiger partial charge is 0.123 e. The first kappa shape index (κ1) is 13.8. The van der Waals surface area contributed by atoms with Gasteiger partial charge in [0, 0.05) is 12.5 Å². The summed E-state index contributed by atoms with van der Waals surface area (Å²) in [7, 11) is 0. The predicted molar refractivity (Wildman–Crippen MR) is 74.6 cm³/mol. The van der Waals surface area contributed by atoms with Crippen molar-refractivity contribution in [2.45, 2.75) is 32.7 Å². The largest absolute Gasteiger partial charge is 0.469 e. The first-order valence-electron chi connectivity index (χ1n) is 6.72. The molecule has 102 valence electrons. The third-order valence-corrected chi connectivity index (χ3v) is 3.23. The molecule has 0 aliphatic rings. The highest BCUT2D eigenvalue weighted by Gasteiger charge is 2.15.